The number of benzene rings is 1. The van der Waals surface area contributed by atoms with Crippen LogP contribution in [0.4, 0.5) is 31.1 Å². The molecule has 3 heterocycles. The third kappa shape index (κ3) is 8.73. The number of sulfonamides is 1. The van der Waals surface area contributed by atoms with Gasteiger partial charge in [0, 0.05) is 24.6 Å². The Morgan fingerprint density at radius 3 is 2.34 bits per heavy atom. The fourth-order valence-electron chi connectivity index (χ4n) is 8.54. The number of carbonyl (C=O) groups excluding carboxylic acids is 3. The Morgan fingerprint density at radius 2 is 1.76 bits per heavy atom. The first kappa shape index (κ1) is 46.7. The molecule has 342 valence electrons. The van der Waals surface area contributed by atoms with Gasteiger partial charge in [-0.15, -0.1) is 0 Å². The first-order chi connectivity index (χ1) is 28.7. The van der Waals surface area contributed by atoms with E-state index in [2.05, 4.69) is 10.3 Å². The van der Waals surface area contributed by atoms with Crippen LogP contribution >= 0.6 is 0 Å². The molecule has 4 amide bonds. The van der Waals surface area contributed by atoms with Crippen molar-refractivity contribution in [1.29, 1.82) is 0 Å². The van der Waals surface area contributed by atoms with Gasteiger partial charge in [0.25, 0.3) is 11.8 Å². The highest BCUT2D eigenvalue weighted by Gasteiger charge is 2.64. The summed E-state index contributed by atoms with van der Waals surface area (Å²) in [5.41, 5.74) is -5.77. The maximum absolute atomic E-state index is 15.4. The van der Waals surface area contributed by atoms with E-state index in [0.29, 0.717) is 24.7 Å². The van der Waals surface area contributed by atoms with Crippen LogP contribution in [0.1, 0.15) is 85.3 Å². The Hall–Kier alpha value is -4.82. The van der Waals surface area contributed by atoms with Crippen LogP contribution < -0.4 is 19.5 Å². The van der Waals surface area contributed by atoms with Crippen molar-refractivity contribution in [3.8, 4) is 11.6 Å². The fourth-order valence-corrected chi connectivity index (χ4v) is 9.96. The largest absolute Gasteiger partial charge is 0.497 e. The van der Waals surface area contributed by atoms with Gasteiger partial charge in [-0.3, -0.25) is 24.0 Å². The molecule has 1 aromatic heterocycles. The third-order valence-electron chi connectivity index (χ3n) is 13.0. The number of hydrogen-bond donors (Lipinski definition) is 3. The van der Waals surface area contributed by atoms with Crippen molar-refractivity contribution in [2.24, 2.45) is 17.8 Å². The van der Waals surface area contributed by atoms with Crippen molar-refractivity contribution < 1.29 is 68.5 Å². The standard InChI is InChI=1S/C41H51F6N5O9S/c1-22-9-7-8-10-25-19-40(25,35(55)50-62(58,59)39(21-42)13-14-39)49-32(53)29-18-27(61-33-28-12-11-26(60-6)16-24(28)17-30(48-33)41(45,46)47)20-51(29)34(54)31(23(2)15-22)52(36(56)57)37(3,4)38(5,43)44/h8,10-12,16-17,22-23,25,27,29,31H,7,9,13-15,18-21H2,1-6H3,(H,49,53)(H,50,55)(H,56,57)/b10-8-/t22-,23-,25-,27-,29+,31+,40-/m1/s1. The number of methoxy groups -OCH3 is 1. The molecule has 62 heavy (non-hydrogen) atoms. The molecule has 3 N–H and O–H groups in total. The van der Waals surface area contributed by atoms with Crippen LogP contribution in [0.15, 0.2) is 36.4 Å². The normalized spacial score (nSPS) is 28.7. The van der Waals surface area contributed by atoms with Gasteiger partial charge in [0.1, 0.15) is 52.1 Å². The number of halogens is 6. The van der Waals surface area contributed by atoms with Crippen LogP contribution in [0.25, 0.3) is 10.8 Å². The van der Waals surface area contributed by atoms with E-state index in [1.807, 2.05) is 11.6 Å². The van der Waals surface area contributed by atoms with E-state index in [1.165, 1.54) is 32.2 Å². The number of carboxylic acid groups (broad SMARTS) is 1. The number of nitrogens with one attached hydrogen (secondary N) is 2. The summed E-state index contributed by atoms with van der Waals surface area (Å²) in [6, 6.07) is 1.42. The quantitative estimate of drug-likeness (QED) is 0.183. The molecule has 0 radical (unpaired) electrons. The number of ether oxygens (including phenoxy) is 2. The van der Waals surface area contributed by atoms with Gasteiger partial charge in [-0.25, -0.2) is 31.4 Å². The predicted molar refractivity (Wildman–Crippen MR) is 211 cm³/mol. The molecule has 7 atom stereocenters. The number of fused-ring (bicyclic) bond motifs is 3. The van der Waals surface area contributed by atoms with Crippen LogP contribution in [0.5, 0.6) is 11.6 Å². The number of carbonyl (C=O) groups is 4. The van der Waals surface area contributed by atoms with Gasteiger partial charge in [-0.1, -0.05) is 26.0 Å². The Morgan fingerprint density at radius 1 is 1.08 bits per heavy atom. The monoisotopic (exact) mass is 903 g/mol. The zero-order valence-electron chi connectivity index (χ0n) is 35.0. The van der Waals surface area contributed by atoms with Crippen LogP contribution in [-0.4, -0.2) is 112 Å². The minimum absolute atomic E-state index is 0.0163. The Kier molecular flexibility index (Phi) is 12.3. The van der Waals surface area contributed by atoms with E-state index in [4.69, 9.17) is 9.47 Å². The number of amides is 4. The van der Waals surface area contributed by atoms with Crippen molar-refractivity contribution in [3.05, 3.63) is 42.1 Å². The van der Waals surface area contributed by atoms with E-state index in [1.54, 1.807) is 12.2 Å². The third-order valence-corrected chi connectivity index (χ3v) is 15.1. The molecule has 0 spiro atoms. The van der Waals surface area contributed by atoms with Crippen molar-refractivity contribution in [2.75, 3.05) is 20.3 Å². The molecule has 2 saturated carbocycles. The van der Waals surface area contributed by atoms with E-state index in [0.717, 1.165) is 24.8 Å². The lowest BCUT2D eigenvalue weighted by Crippen LogP contribution is -2.66. The van der Waals surface area contributed by atoms with E-state index in [9.17, 15) is 45.5 Å². The maximum atomic E-state index is 15.4. The lowest BCUT2D eigenvalue weighted by Gasteiger charge is -2.47. The van der Waals surface area contributed by atoms with Gasteiger partial charge < -0.3 is 24.8 Å². The highest BCUT2D eigenvalue weighted by Crippen LogP contribution is 2.48. The topological polar surface area (TPSA) is 185 Å². The second-order valence-electron chi connectivity index (χ2n) is 17.8. The smallest absolute Gasteiger partial charge is 0.433 e. The second-order valence-corrected chi connectivity index (χ2v) is 19.8. The summed E-state index contributed by atoms with van der Waals surface area (Å²) in [4.78, 5) is 61.8. The molecule has 2 aliphatic carbocycles. The molecule has 2 aliphatic heterocycles. The maximum Gasteiger partial charge on any atom is 0.433 e. The number of nitrogens with zero attached hydrogens (tertiary/aromatic N) is 3. The van der Waals surface area contributed by atoms with Crippen LogP contribution in [-0.2, 0) is 30.6 Å². The van der Waals surface area contributed by atoms with Crippen molar-refractivity contribution in [2.45, 2.75) is 126 Å². The summed E-state index contributed by atoms with van der Waals surface area (Å²) >= 11 is 0. The number of aromatic nitrogens is 1. The van der Waals surface area contributed by atoms with Crippen molar-refractivity contribution >= 4 is 44.6 Å². The molecule has 2 aromatic rings. The van der Waals surface area contributed by atoms with Gasteiger partial charge in [0.2, 0.25) is 27.7 Å². The molecule has 3 fully saturated rings. The molecular weight excluding hydrogens is 853 g/mol. The first-order valence-corrected chi connectivity index (χ1v) is 21.7. The van der Waals surface area contributed by atoms with Gasteiger partial charge in [0.15, 0.2) is 0 Å². The minimum atomic E-state index is -4.95. The summed E-state index contributed by atoms with van der Waals surface area (Å²) in [5.74, 6) is -9.28. The molecule has 21 heteroatoms. The molecule has 0 unspecified atom stereocenters. The lowest BCUT2D eigenvalue weighted by molar-refractivity contribution is -0.156. The zero-order chi connectivity index (χ0) is 46.0. The molecule has 6 rings (SSSR count). The second kappa shape index (κ2) is 16.4. The zero-order valence-corrected chi connectivity index (χ0v) is 35.8. The molecule has 14 nitrogen and oxygen atoms in total. The number of rotatable bonds is 10. The van der Waals surface area contributed by atoms with Crippen molar-refractivity contribution in [3.63, 3.8) is 0 Å². The van der Waals surface area contributed by atoms with Crippen LogP contribution in [0.3, 0.4) is 0 Å². The number of hydrogen-bond acceptors (Lipinski definition) is 9. The van der Waals surface area contributed by atoms with Gasteiger partial charge >= 0.3 is 12.3 Å². The predicted octanol–water partition coefficient (Wildman–Crippen LogP) is 6.23. The van der Waals surface area contributed by atoms with Gasteiger partial charge in [-0.05, 0) is 93.9 Å². The number of alkyl halides is 6. The molecule has 1 saturated heterocycles. The highest BCUT2D eigenvalue weighted by molar-refractivity contribution is 7.91. The molecule has 4 aliphatic rings. The van der Waals surface area contributed by atoms with Gasteiger partial charge in [-0.2, -0.15) is 13.2 Å². The van der Waals surface area contributed by atoms with Crippen LogP contribution in [0.2, 0.25) is 0 Å². The Labute approximate surface area is 354 Å². The first-order valence-electron chi connectivity index (χ1n) is 20.3. The minimum Gasteiger partial charge on any atom is -0.497 e. The van der Waals surface area contributed by atoms with Crippen LogP contribution in [0, 0.1) is 17.8 Å². The molecular formula is C41H51F6N5O9S. The summed E-state index contributed by atoms with van der Waals surface area (Å²) in [6.07, 6.45) is -4.43. The average Bonchev–Trinajstić information content (AvgIpc) is 4.08. The Bertz CT molecular complexity index is 2250. The average molecular weight is 904 g/mol. The lowest BCUT2D eigenvalue weighted by atomic mass is 9.84. The summed E-state index contributed by atoms with van der Waals surface area (Å²) in [7, 11) is -3.25. The summed E-state index contributed by atoms with van der Waals surface area (Å²) in [6.45, 7) is 3.94. The molecule has 0 bridgehead atoms. The summed E-state index contributed by atoms with van der Waals surface area (Å²) in [5, 5.41) is 13.3. The SMILES string of the molecule is COc1ccc2c(O[C@@H]3C[C@H]4C(=O)N[C@]5(C(=O)NS(=O)(=O)C6(CF)CC6)C[C@H]5/C=C\CC[C@@H](C)C[C@@H](C)[C@H](N(C(=O)O)C(C)(C)C(C)(F)F)C(=O)N4C3)nc(C(F)(F)F)cc2c1. The number of pyridine rings is 1. The van der Waals surface area contributed by atoms with E-state index < -0.39 is 123 Å². The van der Waals surface area contributed by atoms with E-state index >= 15 is 13.6 Å². The highest BCUT2D eigenvalue weighted by atomic mass is 32.2. The van der Waals surface area contributed by atoms with Crippen molar-refractivity contribution in [1.82, 2.24) is 24.8 Å². The Balaban J connectivity index is 1.45. The molecule has 1 aromatic carbocycles. The number of allylic oxidation sites excluding steroid dienone is 1. The van der Waals surface area contributed by atoms with Gasteiger partial charge in [0.05, 0.1) is 13.7 Å². The fraction of sp³-hybridized carbons (Fsp3) is 0.634. The van der Waals surface area contributed by atoms with E-state index in [-0.39, 0.29) is 48.1 Å². The summed E-state index contributed by atoms with van der Waals surface area (Å²) < 4.78 is 125.